The topological polar surface area (TPSA) is 29.1 Å². The van der Waals surface area contributed by atoms with Crippen LogP contribution in [-0.4, -0.2) is 38.2 Å². The van der Waals surface area contributed by atoms with Crippen LogP contribution in [-0.2, 0) is 4.79 Å². The highest BCUT2D eigenvalue weighted by molar-refractivity contribution is 5.77. The Morgan fingerprint density at radius 2 is 1.82 bits per heavy atom. The van der Waals surface area contributed by atoms with Crippen LogP contribution in [0.1, 0.15) is 13.8 Å². The predicted molar refractivity (Wildman–Crippen MR) is 45.9 cm³/mol. The smallest absolute Gasteiger partial charge is 0.226 e. The van der Waals surface area contributed by atoms with E-state index in [4.69, 9.17) is 0 Å². The summed E-state index contributed by atoms with van der Waals surface area (Å²) < 4.78 is 0.762. The van der Waals surface area contributed by atoms with E-state index in [1.54, 1.807) is 0 Å². The van der Waals surface area contributed by atoms with Crippen LogP contribution in [0.15, 0.2) is 0 Å². The Bertz CT molecular complexity index is 136. The number of carbonyl (C=O) groups is 1. The van der Waals surface area contributed by atoms with E-state index in [9.17, 15) is 4.79 Å². The lowest BCUT2D eigenvalue weighted by Crippen LogP contribution is -2.46. The van der Waals surface area contributed by atoms with Gasteiger partial charge in [-0.3, -0.25) is 4.79 Å². The fraction of sp³-hybridized carbons (Fsp3) is 0.875. The van der Waals surface area contributed by atoms with Crippen LogP contribution < -0.4 is 5.32 Å². The highest BCUT2D eigenvalue weighted by atomic mass is 16.2. The van der Waals surface area contributed by atoms with E-state index in [0.29, 0.717) is 6.67 Å². The van der Waals surface area contributed by atoms with Gasteiger partial charge >= 0.3 is 0 Å². The monoisotopic (exact) mass is 159 g/mol. The third-order valence-electron chi connectivity index (χ3n) is 1.25. The molecule has 1 N–H and O–H groups in total. The van der Waals surface area contributed by atoms with Gasteiger partial charge in [0.25, 0.3) is 0 Å². The molecule has 0 aromatic rings. The molecule has 0 aromatic heterocycles. The molecular formula is C8H19N2O+. The van der Waals surface area contributed by atoms with Gasteiger partial charge < -0.3 is 9.80 Å². The SMILES string of the molecule is CC(C)C(=O)NC[N+](C)(C)C. The predicted octanol–water partition coefficient (Wildman–Crippen LogP) is 0.422. The van der Waals surface area contributed by atoms with E-state index in [-0.39, 0.29) is 11.8 Å². The van der Waals surface area contributed by atoms with Gasteiger partial charge in [-0.15, -0.1) is 0 Å². The van der Waals surface area contributed by atoms with E-state index in [0.717, 1.165) is 4.48 Å². The summed E-state index contributed by atoms with van der Waals surface area (Å²) in [4.78, 5) is 11.1. The van der Waals surface area contributed by atoms with Gasteiger partial charge in [0.2, 0.25) is 5.91 Å². The molecule has 0 saturated heterocycles. The van der Waals surface area contributed by atoms with Crippen molar-refractivity contribution in [2.24, 2.45) is 5.92 Å². The van der Waals surface area contributed by atoms with Gasteiger partial charge in [0.05, 0.1) is 21.1 Å². The van der Waals surface area contributed by atoms with Crippen LogP contribution in [0.25, 0.3) is 0 Å². The molecule has 0 aromatic carbocycles. The second kappa shape index (κ2) is 3.72. The molecule has 0 heterocycles. The van der Waals surface area contributed by atoms with E-state index >= 15 is 0 Å². The molecule has 3 nitrogen and oxygen atoms in total. The molecule has 0 saturated carbocycles. The van der Waals surface area contributed by atoms with Crippen molar-refractivity contribution in [2.45, 2.75) is 13.8 Å². The highest BCUT2D eigenvalue weighted by Crippen LogP contribution is 1.92. The van der Waals surface area contributed by atoms with Crippen LogP contribution >= 0.6 is 0 Å². The minimum atomic E-state index is 0.0848. The normalized spacial score (nSPS) is 11.8. The molecule has 66 valence electrons. The Morgan fingerprint density at radius 3 is 2.09 bits per heavy atom. The molecule has 0 spiro atoms. The average Bonchev–Trinajstić information content (AvgIpc) is 1.80. The molecule has 0 atom stereocenters. The van der Waals surface area contributed by atoms with Crippen LogP contribution in [0.4, 0.5) is 0 Å². The zero-order valence-electron chi connectivity index (χ0n) is 8.14. The molecule has 0 fully saturated rings. The Kier molecular flexibility index (Phi) is 3.52. The third-order valence-corrected chi connectivity index (χ3v) is 1.25. The first-order valence-corrected chi connectivity index (χ1v) is 3.91. The minimum Gasteiger partial charge on any atom is -0.314 e. The van der Waals surface area contributed by atoms with Gasteiger partial charge in [-0.25, -0.2) is 0 Å². The fourth-order valence-corrected chi connectivity index (χ4v) is 0.519. The zero-order chi connectivity index (χ0) is 9.07. The molecule has 0 aliphatic rings. The van der Waals surface area contributed by atoms with E-state index in [1.807, 2.05) is 35.0 Å². The molecule has 0 radical (unpaired) electrons. The van der Waals surface area contributed by atoms with Crippen LogP contribution in [0.2, 0.25) is 0 Å². The summed E-state index contributed by atoms with van der Waals surface area (Å²) in [6.45, 7) is 4.48. The molecule has 0 unspecified atom stereocenters. The lowest BCUT2D eigenvalue weighted by atomic mass is 10.2. The maximum Gasteiger partial charge on any atom is 0.226 e. The van der Waals surface area contributed by atoms with Gasteiger partial charge in [0, 0.05) is 5.92 Å². The van der Waals surface area contributed by atoms with Crippen molar-refractivity contribution >= 4 is 5.91 Å². The summed E-state index contributed by atoms with van der Waals surface area (Å²) in [5.74, 6) is 0.208. The van der Waals surface area contributed by atoms with Gasteiger partial charge in [0.15, 0.2) is 6.67 Å². The Hall–Kier alpha value is -0.570. The van der Waals surface area contributed by atoms with Crippen molar-refractivity contribution in [3.63, 3.8) is 0 Å². The second-order valence-corrected chi connectivity index (χ2v) is 4.14. The summed E-state index contributed by atoms with van der Waals surface area (Å²) in [5.41, 5.74) is 0. The van der Waals surface area contributed by atoms with Crippen molar-refractivity contribution < 1.29 is 9.28 Å². The first-order valence-electron chi connectivity index (χ1n) is 3.91. The number of rotatable bonds is 3. The second-order valence-electron chi connectivity index (χ2n) is 4.14. The molecule has 1 amide bonds. The number of nitrogens with zero attached hydrogens (tertiary/aromatic N) is 1. The maximum atomic E-state index is 11.1. The fourth-order valence-electron chi connectivity index (χ4n) is 0.519. The average molecular weight is 159 g/mol. The summed E-state index contributed by atoms with van der Waals surface area (Å²) in [6.07, 6.45) is 0. The quantitative estimate of drug-likeness (QED) is 0.469. The van der Waals surface area contributed by atoms with E-state index in [1.165, 1.54) is 0 Å². The number of carbonyl (C=O) groups excluding carboxylic acids is 1. The van der Waals surface area contributed by atoms with Gasteiger partial charge in [-0.05, 0) is 0 Å². The minimum absolute atomic E-state index is 0.0848. The van der Waals surface area contributed by atoms with Crippen molar-refractivity contribution in [2.75, 3.05) is 27.8 Å². The number of quaternary nitrogens is 1. The van der Waals surface area contributed by atoms with Gasteiger partial charge in [-0.2, -0.15) is 0 Å². The van der Waals surface area contributed by atoms with Gasteiger partial charge in [-0.1, -0.05) is 13.8 Å². The summed E-state index contributed by atoms with van der Waals surface area (Å²) >= 11 is 0. The molecular weight excluding hydrogens is 140 g/mol. The standard InChI is InChI=1S/C8H18N2O/c1-7(2)8(11)9-6-10(3,4)5/h7H,6H2,1-5H3/p+1. The molecule has 11 heavy (non-hydrogen) atoms. The first kappa shape index (κ1) is 10.4. The van der Waals surface area contributed by atoms with Crippen LogP contribution in [0.3, 0.4) is 0 Å². The lowest BCUT2D eigenvalue weighted by molar-refractivity contribution is -0.872. The highest BCUT2D eigenvalue weighted by Gasteiger charge is 2.11. The number of hydrogen-bond acceptors (Lipinski definition) is 1. The molecule has 3 heteroatoms. The molecule has 0 aliphatic carbocycles. The summed E-state index contributed by atoms with van der Waals surface area (Å²) in [6, 6.07) is 0. The Labute approximate surface area is 69.0 Å². The number of hydrogen-bond donors (Lipinski definition) is 1. The van der Waals surface area contributed by atoms with Crippen LogP contribution in [0, 0.1) is 5.92 Å². The van der Waals surface area contributed by atoms with Crippen molar-refractivity contribution in [3.8, 4) is 0 Å². The maximum absolute atomic E-state index is 11.1. The molecule has 0 rings (SSSR count). The summed E-state index contributed by atoms with van der Waals surface area (Å²) in [5, 5.41) is 2.86. The van der Waals surface area contributed by atoms with Crippen molar-refractivity contribution in [1.82, 2.24) is 5.32 Å². The zero-order valence-corrected chi connectivity index (χ0v) is 8.14. The number of nitrogens with one attached hydrogen (secondary N) is 1. The van der Waals surface area contributed by atoms with Gasteiger partial charge in [0.1, 0.15) is 0 Å². The van der Waals surface area contributed by atoms with E-state index < -0.39 is 0 Å². The summed E-state index contributed by atoms with van der Waals surface area (Å²) in [7, 11) is 6.13. The Morgan fingerprint density at radius 1 is 1.36 bits per heavy atom. The lowest BCUT2D eigenvalue weighted by Gasteiger charge is -2.24. The third kappa shape index (κ3) is 5.85. The van der Waals surface area contributed by atoms with Crippen molar-refractivity contribution in [3.05, 3.63) is 0 Å². The largest absolute Gasteiger partial charge is 0.314 e. The number of amides is 1. The Balaban J connectivity index is 3.64. The molecule has 0 bridgehead atoms. The van der Waals surface area contributed by atoms with Crippen molar-refractivity contribution in [1.29, 1.82) is 0 Å². The van der Waals surface area contributed by atoms with Crippen LogP contribution in [0.5, 0.6) is 0 Å². The first-order chi connectivity index (χ1) is 4.83. The molecule has 0 aliphatic heterocycles. The van der Waals surface area contributed by atoms with E-state index in [2.05, 4.69) is 5.32 Å².